The summed E-state index contributed by atoms with van der Waals surface area (Å²) >= 11 is 0. The summed E-state index contributed by atoms with van der Waals surface area (Å²) in [6.45, 7) is 7.16. The third-order valence-electron chi connectivity index (χ3n) is 2.34. The van der Waals surface area contributed by atoms with Crippen LogP contribution >= 0.6 is 0 Å². The van der Waals surface area contributed by atoms with Crippen molar-refractivity contribution in [3.63, 3.8) is 0 Å². The van der Waals surface area contributed by atoms with E-state index in [9.17, 15) is 4.79 Å². The van der Waals surface area contributed by atoms with Crippen LogP contribution in [-0.4, -0.2) is 61.8 Å². The summed E-state index contributed by atoms with van der Waals surface area (Å²) in [5.41, 5.74) is 5.45. The summed E-state index contributed by atoms with van der Waals surface area (Å²) in [6.07, 6.45) is -0.195. The summed E-state index contributed by atoms with van der Waals surface area (Å²) in [5, 5.41) is 0. The first-order valence-corrected chi connectivity index (χ1v) is 5.12. The van der Waals surface area contributed by atoms with Crippen LogP contribution in [0.25, 0.3) is 0 Å². The molecule has 0 radical (unpaired) electrons. The molecule has 0 bridgehead atoms. The predicted molar refractivity (Wildman–Crippen MR) is 54.1 cm³/mol. The maximum atomic E-state index is 11.3. The second kappa shape index (κ2) is 5.82. The van der Waals surface area contributed by atoms with Crippen molar-refractivity contribution < 1.29 is 9.53 Å². The van der Waals surface area contributed by atoms with Gasteiger partial charge < -0.3 is 15.4 Å². The van der Waals surface area contributed by atoms with Crippen LogP contribution in [0.2, 0.25) is 0 Å². The summed E-state index contributed by atoms with van der Waals surface area (Å²) < 4.78 is 4.92. The van der Waals surface area contributed by atoms with Gasteiger partial charge in [-0.15, -0.1) is 0 Å². The van der Waals surface area contributed by atoms with Gasteiger partial charge in [0, 0.05) is 39.3 Å². The SMILES string of the molecule is CCOC(=O)N1CCN(CCN)CC1. The predicted octanol–water partition coefficient (Wildman–Crippen LogP) is -0.281. The number of amides is 1. The second-order valence-electron chi connectivity index (χ2n) is 3.32. The molecule has 1 aliphatic rings. The molecule has 2 N–H and O–H groups in total. The largest absolute Gasteiger partial charge is 0.450 e. The van der Waals surface area contributed by atoms with Crippen molar-refractivity contribution in [1.29, 1.82) is 0 Å². The highest BCUT2D eigenvalue weighted by Crippen LogP contribution is 2.02. The highest BCUT2D eigenvalue weighted by Gasteiger charge is 2.20. The molecule has 0 unspecified atom stereocenters. The molecular formula is C9H19N3O2. The molecule has 1 heterocycles. The van der Waals surface area contributed by atoms with Gasteiger partial charge in [-0.3, -0.25) is 4.90 Å². The molecule has 14 heavy (non-hydrogen) atoms. The van der Waals surface area contributed by atoms with E-state index in [2.05, 4.69) is 4.90 Å². The van der Waals surface area contributed by atoms with E-state index in [4.69, 9.17) is 10.5 Å². The number of ether oxygens (including phenoxy) is 1. The Kier molecular flexibility index (Phi) is 4.69. The minimum atomic E-state index is -0.195. The number of carbonyl (C=O) groups is 1. The maximum absolute atomic E-state index is 11.3. The number of rotatable bonds is 3. The monoisotopic (exact) mass is 201 g/mol. The fourth-order valence-corrected chi connectivity index (χ4v) is 1.55. The topological polar surface area (TPSA) is 58.8 Å². The fourth-order valence-electron chi connectivity index (χ4n) is 1.55. The van der Waals surface area contributed by atoms with Crippen LogP contribution < -0.4 is 5.73 Å². The molecular weight excluding hydrogens is 182 g/mol. The second-order valence-corrected chi connectivity index (χ2v) is 3.32. The molecule has 0 aromatic heterocycles. The first-order valence-electron chi connectivity index (χ1n) is 5.12. The van der Waals surface area contributed by atoms with Crippen molar-refractivity contribution in [3.05, 3.63) is 0 Å². The van der Waals surface area contributed by atoms with Gasteiger partial charge >= 0.3 is 6.09 Å². The molecule has 1 aliphatic heterocycles. The van der Waals surface area contributed by atoms with E-state index in [1.165, 1.54) is 0 Å². The molecule has 1 fully saturated rings. The third kappa shape index (κ3) is 3.16. The van der Waals surface area contributed by atoms with Crippen LogP contribution in [0.5, 0.6) is 0 Å². The first-order chi connectivity index (χ1) is 6.77. The van der Waals surface area contributed by atoms with Gasteiger partial charge in [0.05, 0.1) is 6.61 Å². The van der Waals surface area contributed by atoms with E-state index in [0.717, 1.165) is 32.7 Å². The number of nitrogens with two attached hydrogens (primary N) is 1. The van der Waals surface area contributed by atoms with E-state index in [0.29, 0.717) is 13.2 Å². The van der Waals surface area contributed by atoms with Crippen LogP contribution in [0.15, 0.2) is 0 Å². The van der Waals surface area contributed by atoms with E-state index >= 15 is 0 Å². The lowest BCUT2D eigenvalue weighted by atomic mass is 10.3. The van der Waals surface area contributed by atoms with Crippen LogP contribution in [0.1, 0.15) is 6.92 Å². The minimum Gasteiger partial charge on any atom is -0.450 e. The number of piperazine rings is 1. The maximum Gasteiger partial charge on any atom is 0.409 e. The molecule has 0 aliphatic carbocycles. The molecule has 0 atom stereocenters. The summed E-state index contributed by atoms with van der Waals surface area (Å²) in [6, 6.07) is 0. The van der Waals surface area contributed by atoms with Crippen molar-refractivity contribution in [1.82, 2.24) is 9.80 Å². The smallest absolute Gasteiger partial charge is 0.409 e. The first kappa shape index (κ1) is 11.3. The van der Waals surface area contributed by atoms with E-state index in [1.807, 2.05) is 6.92 Å². The molecule has 1 amide bonds. The van der Waals surface area contributed by atoms with E-state index < -0.39 is 0 Å². The number of carbonyl (C=O) groups excluding carboxylic acids is 1. The van der Waals surface area contributed by atoms with Crippen LogP contribution in [-0.2, 0) is 4.74 Å². The average Bonchev–Trinajstić information content (AvgIpc) is 2.20. The molecule has 5 heteroatoms. The van der Waals surface area contributed by atoms with Crippen molar-refractivity contribution in [3.8, 4) is 0 Å². The quantitative estimate of drug-likeness (QED) is 0.682. The van der Waals surface area contributed by atoms with Gasteiger partial charge in [-0.25, -0.2) is 4.79 Å². The van der Waals surface area contributed by atoms with Gasteiger partial charge in [0.25, 0.3) is 0 Å². The Morgan fingerprint density at radius 2 is 2.00 bits per heavy atom. The summed E-state index contributed by atoms with van der Waals surface area (Å²) in [5.74, 6) is 0. The zero-order chi connectivity index (χ0) is 10.4. The lowest BCUT2D eigenvalue weighted by Crippen LogP contribution is -2.49. The Morgan fingerprint density at radius 1 is 1.36 bits per heavy atom. The van der Waals surface area contributed by atoms with Gasteiger partial charge in [0.2, 0.25) is 0 Å². The molecule has 82 valence electrons. The van der Waals surface area contributed by atoms with Crippen molar-refractivity contribution >= 4 is 6.09 Å². The van der Waals surface area contributed by atoms with Gasteiger partial charge in [-0.2, -0.15) is 0 Å². The molecule has 1 rings (SSSR count). The van der Waals surface area contributed by atoms with Crippen LogP contribution in [0.4, 0.5) is 4.79 Å². The molecule has 1 saturated heterocycles. The molecule has 0 spiro atoms. The third-order valence-corrected chi connectivity index (χ3v) is 2.34. The fraction of sp³-hybridized carbons (Fsp3) is 0.889. The zero-order valence-electron chi connectivity index (χ0n) is 8.74. The van der Waals surface area contributed by atoms with Gasteiger partial charge in [0.1, 0.15) is 0 Å². The minimum absolute atomic E-state index is 0.195. The standard InChI is InChI=1S/C9H19N3O2/c1-2-14-9(13)12-7-5-11(4-3-10)6-8-12/h2-8,10H2,1H3. The van der Waals surface area contributed by atoms with Crippen molar-refractivity contribution in [2.75, 3.05) is 45.9 Å². The van der Waals surface area contributed by atoms with Gasteiger partial charge in [-0.1, -0.05) is 0 Å². The summed E-state index contributed by atoms with van der Waals surface area (Å²) in [4.78, 5) is 15.3. The van der Waals surface area contributed by atoms with Crippen LogP contribution in [0.3, 0.4) is 0 Å². The van der Waals surface area contributed by atoms with Crippen molar-refractivity contribution in [2.24, 2.45) is 5.73 Å². The Morgan fingerprint density at radius 3 is 2.50 bits per heavy atom. The lowest BCUT2D eigenvalue weighted by molar-refractivity contribution is 0.0805. The van der Waals surface area contributed by atoms with E-state index in [-0.39, 0.29) is 6.09 Å². The number of hydrogen-bond donors (Lipinski definition) is 1. The molecule has 5 nitrogen and oxygen atoms in total. The number of nitrogens with zero attached hydrogens (tertiary/aromatic N) is 2. The highest BCUT2D eigenvalue weighted by molar-refractivity contribution is 5.67. The van der Waals surface area contributed by atoms with Gasteiger partial charge in [0.15, 0.2) is 0 Å². The van der Waals surface area contributed by atoms with Gasteiger partial charge in [-0.05, 0) is 6.92 Å². The Bertz CT molecular complexity index is 179. The van der Waals surface area contributed by atoms with E-state index in [1.54, 1.807) is 4.90 Å². The highest BCUT2D eigenvalue weighted by atomic mass is 16.6. The summed E-state index contributed by atoms with van der Waals surface area (Å²) in [7, 11) is 0. The Labute approximate surface area is 84.8 Å². The van der Waals surface area contributed by atoms with Crippen molar-refractivity contribution in [2.45, 2.75) is 6.92 Å². The zero-order valence-corrected chi connectivity index (χ0v) is 8.74. The lowest BCUT2D eigenvalue weighted by Gasteiger charge is -2.33. The Hall–Kier alpha value is -0.810. The van der Waals surface area contributed by atoms with Crippen LogP contribution in [0, 0.1) is 0 Å². The molecule has 0 aromatic carbocycles. The normalized spacial score (nSPS) is 18.3. The molecule has 0 aromatic rings. The molecule has 0 saturated carbocycles. The average molecular weight is 201 g/mol. The Balaban J connectivity index is 2.24. The number of hydrogen-bond acceptors (Lipinski definition) is 4.